The third-order valence-corrected chi connectivity index (χ3v) is 9.48. The molecule has 0 fully saturated rings. The molecule has 2 nitrogen and oxygen atoms in total. The van der Waals surface area contributed by atoms with E-state index in [4.69, 9.17) is 0 Å². The van der Waals surface area contributed by atoms with Crippen molar-refractivity contribution in [2.24, 2.45) is 0 Å². The molecule has 0 amide bonds. The molecule has 0 N–H and O–H groups in total. The number of benzene rings is 3. The van der Waals surface area contributed by atoms with Crippen LogP contribution < -0.4 is 15.5 Å². The zero-order valence-corrected chi connectivity index (χ0v) is 28.1. The van der Waals surface area contributed by atoms with Crippen LogP contribution in [-0.2, 0) is 0 Å². The Kier molecular flexibility index (Phi) is 9.13. The van der Waals surface area contributed by atoms with Crippen LogP contribution in [-0.4, -0.2) is 4.57 Å². The first kappa shape index (κ1) is 31.6. The molecule has 2 unspecified atom stereocenters. The van der Waals surface area contributed by atoms with Gasteiger partial charge in [0.1, 0.15) is 0 Å². The zero-order valence-electron chi connectivity index (χ0n) is 28.1. The van der Waals surface area contributed by atoms with Crippen LogP contribution in [0.2, 0.25) is 0 Å². The first-order chi connectivity index (χ1) is 23.0. The monoisotopic (exact) mass is 612 g/mol. The highest BCUT2D eigenvalue weighted by Gasteiger charge is 2.35. The van der Waals surface area contributed by atoms with Crippen molar-refractivity contribution < 1.29 is 0 Å². The number of hydrogen-bond acceptors (Lipinski definition) is 1. The summed E-state index contributed by atoms with van der Waals surface area (Å²) in [6.07, 6.45) is 22.5. The van der Waals surface area contributed by atoms with Gasteiger partial charge in [-0.2, -0.15) is 0 Å². The second-order valence-corrected chi connectivity index (χ2v) is 12.2. The van der Waals surface area contributed by atoms with E-state index in [2.05, 4.69) is 166 Å². The summed E-state index contributed by atoms with van der Waals surface area (Å²) in [5, 5.41) is 2.28. The van der Waals surface area contributed by atoms with Crippen LogP contribution in [0.3, 0.4) is 0 Å². The quantitative estimate of drug-likeness (QED) is 0.171. The van der Waals surface area contributed by atoms with Gasteiger partial charge in [0.25, 0.3) is 0 Å². The SMILES string of the molecule is C=C/C(=C(\C=C)n1c(/C=C\C)c(C=C)c(=C/C(C)c2ccc3c(c2)C2CC=CC=C2N3c2ccccc2C)/c1=C\C)c1ccccc1. The standard InChI is InChI=1S/C45H44N2/c1-8-20-43-36(10-3)38(41(12-5)46(43)40(11-4)35(9-2)33-22-14-13-15-23-33)29-32(7)34-27-28-45-39(30-34)37-24-17-19-26-44(37)47(45)42-25-18-16-21-31(42)6/h8-23,25-30,32,37H,2-4,24H2,1,5-7H3/b20-8-,38-29-,40-35-,41-12+. The molecule has 6 rings (SSSR count). The van der Waals surface area contributed by atoms with Crippen molar-refractivity contribution in [1.82, 2.24) is 4.57 Å². The minimum absolute atomic E-state index is 0.162. The van der Waals surface area contributed by atoms with Crippen molar-refractivity contribution in [2.45, 2.75) is 46.0 Å². The Morgan fingerprint density at radius 2 is 1.68 bits per heavy atom. The molecule has 2 heterocycles. The van der Waals surface area contributed by atoms with Crippen molar-refractivity contribution in [3.05, 3.63) is 179 Å². The summed E-state index contributed by atoms with van der Waals surface area (Å²) in [5.41, 5.74) is 13.2. The third-order valence-electron chi connectivity index (χ3n) is 9.48. The van der Waals surface area contributed by atoms with E-state index in [9.17, 15) is 0 Å². The highest BCUT2D eigenvalue weighted by Crippen LogP contribution is 2.51. The predicted molar refractivity (Wildman–Crippen MR) is 206 cm³/mol. The summed E-state index contributed by atoms with van der Waals surface area (Å²) < 4.78 is 2.31. The van der Waals surface area contributed by atoms with Crippen LogP contribution in [0.1, 0.15) is 72.5 Å². The van der Waals surface area contributed by atoms with Gasteiger partial charge < -0.3 is 9.47 Å². The summed E-state index contributed by atoms with van der Waals surface area (Å²) in [4.78, 5) is 2.47. The largest absolute Gasteiger partial charge is 0.313 e. The highest BCUT2D eigenvalue weighted by molar-refractivity contribution is 5.94. The van der Waals surface area contributed by atoms with E-state index < -0.39 is 0 Å². The Morgan fingerprint density at radius 1 is 0.915 bits per heavy atom. The molecule has 2 atom stereocenters. The van der Waals surface area contributed by atoms with Gasteiger partial charge in [-0.15, -0.1) is 0 Å². The molecule has 0 saturated heterocycles. The lowest BCUT2D eigenvalue weighted by Crippen LogP contribution is -2.30. The summed E-state index contributed by atoms with van der Waals surface area (Å²) in [5.74, 6) is 0.512. The molecule has 234 valence electrons. The minimum atomic E-state index is 0.162. The number of nitrogens with zero attached hydrogens (tertiary/aromatic N) is 2. The van der Waals surface area contributed by atoms with Gasteiger partial charge >= 0.3 is 0 Å². The molecule has 1 aliphatic heterocycles. The van der Waals surface area contributed by atoms with Crippen LogP contribution in [0, 0.1) is 6.92 Å². The smallest absolute Gasteiger partial charge is 0.0537 e. The lowest BCUT2D eigenvalue weighted by Gasteiger charge is -2.26. The Labute approximate surface area is 280 Å². The Morgan fingerprint density at radius 3 is 2.36 bits per heavy atom. The molecule has 0 saturated carbocycles. The van der Waals surface area contributed by atoms with Gasteiger partial charge in [-0.25, -0.2) is 0 Å². The Hall–Kier alpha value is -5.34. The Balaban J connectivity index is 1.53. The first-order valence-electron chi connectivity index (χ1n) is 16.6. The normalized spacial score (nSPS) is 17.3. The Bertz CT molecular complexity index is 2110. The van der Waals surface area contributed by atoms with Crippen molar-refractivity contribution in [3.8, 4) is 0 Å². The van der Waals surface area contributed by atoms with Gasteiger partial charge in [-0.05, 0) is 85.7 Å². The maximum atomic E-state index is 4.29. The number of fused-ring (bicyclic) bond motifs is 3. The average molecular weight is 613 g/mol. The molecular weight excluding hydrogens is 569 g/mol. The summed E-state index contributed by atoms with van der Waals surface area (Å²) >= 11 is 0. The molecular formula is C45H44N2. The van der Waals surface area contributed by atoms with E-state index in [0.717, 1.165) is 39.9 Å². The molecule has 2 heteroatoms. The number of allylic oxidation sites excluding steroid dienone is 9. The molecule has 4 aromatic rings. The molecule has 1 aromatic heterocycles. The van der Waals surface area contributed by atoms with E-state index in [1.807, 2.05) is 24.3 Å². The van der Waals surface area contributed by atoms with Gasteiger partial charge in [-0.1, -0.05) is 130 Å². The molecule has 1 aliphatic carbocycles. The van der Waals surface area contributed by atoms with Crippen LogP contribution in [0.25, 0.3) is 35.6 Å². The lowest BCUT2D eigenvalue weighted by molar-refractivity contribution is 0.816. The third kappa shape index (κ3) is 5.55. The van der Waals surface area contributed by atoms with Crippen LogP contribution in [0.5, 0.6) is 0 Å². The molecule has 2 aliphatic rings. The van der Waals surface area contributed by atoms with E-state index in [0.29, 0.717) is 5.92 Å². The fraction of sp³-hybridized carbons (Fsp3) is 0.156. The van der Waals surface area contributed by atoms with Crippen LogP contribution in [0.4, 0.5) is 11.4 Å². The van der Waals surface area contributed by atoms with Crippen molar-refractivity contribution in [3.63, 3.8) is 0 Å². The molecule has 3 aromatic carbocycles. The number of anilines is 2. The zero-order chi connectivity index (χ0) is 33.1. The number of aryl methyl sites for hydroxylation is 1. The van der Waals surface area contributed by atoms with Gasteiger partial charge in [0.2, 0.25) is 0 Å². The molecule has 0 radical (unpaired) electrons. The average Bonchev–Trinajstić information content (AvgIpc) is 3.58. The molecule has 0 spiro atoms. The lowest BCUT2D eigenvalue weighted by atomic mass is 9.89. The van der Waals surface area contributed by atoms with Crippen LogP contribution in [0.15, 0.2) is 135 Å². The first-order valence-corrected chi connectivity index (χ1v) is 16.6. The van der Waals surface area contributed by atoms with Crippen molar-refractivity contribution >= 4 is 46.9 Å². The maximum absolute atomic E-state index is 4.29. The second kappa shape index (κ2) is 13.6. The van der Waals surface area contributed by atoms with E-state index in [1.54, 1.807) is 0 Å². The minimum Gasteiger partial charge on any atom is -0.313 e. The molecule has 0 bridgehead atoms. The van der Waals surface area contributed by atoms with Crippen molar-refractivity contribution in [1.29, 1.82) is 0 Å². The summed E-state index contributed by atoms with van der Waals surface area (Å²) in [6, 6.07) is 26.2. The number of hydrogen-bond donors (Lipinski definition) is 0. The van der Waals surface area contributed by atoms with Gasteiger partial charge in [0.05, 0.1) is 11.4 Å². The maximum Gasteiger partial charge on any atom is 0.0537 e. The highest BCUT2D eigenvalue weighted by atomic mass is 15.2. The fourth-order valence-corrected chi connectivity index (χ4v) is 7.25. The van der Waals surface area contributed by atoms with Gasteiger partial charge in [0.15, 0.2) is 0 Å². The second-order valence-electron chi connectivity index (χ2n) is 12.2. The summed E-state index contributed by atoms with van der Waals surface area (Å²) in [6.45, 7) is 21.4. The van der Waals surface area contributed by atoms with Gasteiger partial charge in [-0.3, -0.25) is 0 Å². The molecule has 47 heavy (non-hydrogen) atoms. The summed E-state index contributed by atoms with van der Waals surface area (Å²) in [7, 11) is 0. The van der Waals surface area contributed by atoms with E-state index >= 15 is 0 Å². The fourth-order valence-electron chi connectivity index (χ4n) is 7.25. The van der Waals surface area contributed by atoms with E-state index in [-0.39, 0.29) is 5.92 Å². The topological polar surface area (TPSA) is 8.17 Å². The van der Waals surface area contributed by atoms with Crippen LogP contribution >= 0.6 is 0 Å². The van der Waals surface area contributed by atoms with Crippen molar-refractivity contribution in [2.75, 3.05) is 4.90 Å². The van der Waals surface area contributed by atoms with Gasteiger partial charge in [0, 0.05) is 44.7 Å². The van der Waals surface area contributed by atoms with E-state index in [1.165, 1.54) is 39.0 Å². The number of rotatable bonds is 9. The predicted octanol–water partition coefficient (Wildman–Crippen LogP) is 10.7. The number of para-hydroxylation sites is 1. The number of aromatic nitrogens is 1.